The number of aromatic nitrogens is 2. The van der Waals surface area contributed by atoms with Gasteiger partial charge in [0.1, 0.15) is 12.1 Å². The number of benzene rings is 1. The molecule has 0 saturated carbocycles. The topological polar surface area (TPSA) is 103 Å². The fourth-order valence-electron chi connectivity index (χ4n) is 1.75. The molecule has 0 aliphatic heterocycles. The monoisotopic (exact) mass is 276 g/mol. The van der Waals surface area contributed by atoms with Crippen molar-refractivity contribution in [1.82, 2.24) is 9.97 Å². The SMILES string of the molecule is COc1c(NN)ncnc1Oc1ccccc1CCO. The Kier molecular flexibility index (Phi) is 4.70. The molecule has 1 heterocycles. The molecule has 106 valence electrons. The molecule has 0 bridgehead atoms. The van der Waals surface area contributed by atoms with Crippen molar-refractivity contribution in [3.05, 3.63) is 36.2 Å². The molecule has 0 unspecified atom stereocenters. The average molecular weight is 276 g/mol. The second-order valence-corrected chi connectivity index (χ2v) is 3.89. The first-order valence-corrected chi connectivity index (χ1v) is 6.02. The molecule has 1 aromatic carbocycles. The zero-order valence-electron chi connectivity index (χ0n) is 11.0. The minimum atomic E-state index is 0.0386. The number of para-hydroxylation sites is 1. The number of nitrogen functional groups attached to an aromatic ring is 1. The molecule has 0 spiro atoms. The van der Waals surface area contributed by atoms with Crippen LogP contribution in [0.3, 0.4) is 0 Å². The smallest absolute Gasteiger partial charge is 0.268 e. The fourth-order valence-corrected chi connectivity index (χ4v) is 1.75. The molecule has 0 radical (unpaired) electrons. The van der Waals surface area contributed by atoms with Crippen LogP contribution in [0.4, 0.5) is 5.82 Å². The normalized spacial score (nSPS) is 10.2. The second kappa shape index (κ2) is 6.69. The van der Waals surface area contributed by atoms with Gasteiger partial charge in [-0.15, -0.1) is 0 Å². The Bertz CT molecular complexity index is 577. The quantitative estimate of drug-likeness (QED) is 0.536. The van der Waals surface area contributed by atoms with Crippen LogP contribution in [0.2, 0.25) is 0 Å². The van der Waals surface area contributed by atoms with Crippen LogP contribution in [-0.2, 0) is 6.42 Å². The fraction of sp³-hybridized carbons (Fsp3) is 0.231. The zero-order valence-corrected chi connectivity index (χ0v) is 11.0. The van der Waals surface area contributed by atoms with Crippen molar-refractivity contribution in [2.75, 3.05) is 19.1 Å². The van der Waals surface area contributed by atoms with Crippen molar-refractivity contribution in [2.45, 2.75) is 6.42 Å². The number of methoxy groups -OCH3 is 1. The number of ether oxygens (including phenoxy) is 2. The second-order valence-electron chi connectivity index (χ2n) is 3.89. The van der Waals surface area contributed by atoms with Crippen LogP contribution >= 0.6 is 0 Å². The van der Waals surface area contributed by atoms with E-state index in [9.17, 15) is 0 Å². The van der Waals surface area contributed by atoms with E-state index in [-0.39, 0.29) is 12.5 Å². The maximum absolute atomic E-state index is 9.06. The van der Waals surface area contributed by atoms with Crippen LogP contribution in [-0.4, -0.2) is 28.8 Å². The first kappa shape index (κ1) is 14.0. The van der Waals surface area contributed by atoms with Gasteiger partial charge in [0, 0.05) is 6.61 Å². The summed E-state index contributed by atoms with van der Waals surface area (Å²) in [5, 5.41) is 9.06. The number of aliphatic hydroxyl groups excluding tert-OH is 1. The predicted octanol–water partition coefficient (Wildman–Crippen LogP) is 1.10. The van der Waals surface area contributed by atoms with Crippen molar-refractivity contribution >= 4 is 5.82 Å². The maximum Gasteiger partial charge on any atom is 0.268 e. The number of anilines is 1. The van der Waals surface area contributed by atoms with Crippen LogP contribution in [0.1, 0.15) is 5.56 Å². The number of rotatable bonds is 6. The zero-order chi connectivity index (χ0) is 14.4. The van der Waals surface area contributed by atoms with Crippen LogP contribution in [0.5, 0.6) is 17.4 Å². The Morgan fingerprint density at radius 3 is 2.80 bits per heavy atom. The lowest BCUT2D eigenvalue weighted by Gasteiger charge is -2.13. The molecule has 0 saturated heterocycles. The number of hydrazine groups is 1. The third kappa shape index (κ3) is 2.95. The maximum atomic E-state index is 9.06. The number of hydrogen-bond donors (Lipinski definition) is 3. The van der Waals surface area contributed by atoms with Crippen molar-refractivity contribution in [2.24, 2.45) is 5.84 Å². The van der Waals surface area contributed by atoms with E-state index in [1.54, 1.807) is 6.07 Å². The van der Waals surface area contributed by atoms with Gasteiger partial charge in [-0.1, -0.05) is 18.2 Å². The van der Waals surface area contributed by atoms with E-state index in [1.807, 2.05) is 18.2 Å². The molecular formula is C13H16N4O3. The standard InChI is InChI=1S/C13H16N4O3/c1-19-11-12(17-14)15-8-16-13(11)20-10-5-3-2-4-9(10)6-7-18/h2-5,8,18H,6-7,14H2,1H3,(H,15,16,17). The summed E-state index contributed by atoms with van der Waals surface area (Å²) < 4.78 is 10.9. The van der Waals surface area contributed by atoms with Gasteiger partial charge < -0.3 is 20.0 Å². The van der Waals surface area contributed by atoms with Gasteiger partial charge in [0.15, 0.2) is 5.82 Å². The Hall–Kier alpha value is -2.38. The first-order valence-electron chi connectivity index (χ1n) is 6.02. The Balaban J connectivity index is 2.35. The van der Waals surface area contributed by atoms with Crippen molar-refractivity contribution in [3.63, 3.8) is 0 Å². The highest BCUT2D eigenvalue weighted by Crippen LogP contribution is 2.34. The first-order chi connectivity index (χ1) is 9.80. The molecule has 4 N–H and O–H groups in total. The van der Waals surface area contributed by atoms with E-state index in [4.69, 9.17) is 20.4 Å². The van der Waals surface area contributed by atoms with Crippen LogP contribution in [0.15, 0.2) is 30.6 Å². The molecule has 0 amide bonds. The summed E-state index contributed by atoms with van der Waals surface area (Å²) in [5.41, 5.74) is 3.29. The number of aliphatic hydroxyl groups is 1. The minimum absolute atomic E-state index is 0.0386. The number of nitrogens with one attached hydrogen (secondary N) is 1. The van der Waals surface area contributed by atoms with E-state index >= 15 is 0 Å². The van der Waals surface area contributed by atoms with Gasteiger partial charge in [-0.2, -0.15) is 4.98 Å². The Labute approximate surface area is 116 Å². The highest BCUT2D eigenvalue weighted by Gasteiger charge is 2.14. The number of hydrogen-bond acceptors (Lipinski definition) is 7. The van der Waals surface area contributed by atoms with E-state index in [1.165, 1.54) is 13.4 Å². The van der Waals surface area contributed by atoms with Crippen molar-refractivity contribution in [3.8, 4) is 17.4 Å². The predicted molar refractivity (Wildman–Crippen MR) is 73.7 cm³/mol. The van der Waals surface area contributed by atoms with Gasteiger partial charge in [-0.3, -0.25) is 0 Å². The Morgan fingerprint density at radius 1 is 1.30 bits per heavy atom. The van der Waals surface area contributed by atoms with Gasteiger partial charge in [0.05, 0.1) is 7.11 Å². The molecule has 2 rings (SSSR count). The molecular weight excluding hydrogens is 260 g/mol. The molecule has 0 fully saturated rings. The molecule has 1 aromatic heterocycles. The third-order valence-corrected chi connectivity index (χ3v) is 2.67. The van der Waals surface area contributed by atoms with Crippen LogP contribution in [0.25, 0.3) is 0 Å². The van der Waals surface area contributed by atoms with Crippen LogP contribution in [0, 0.1) is 0 Å². The average Bonchev–Trinajstić information content (AvgIpc) is 2.49. The largest absolute Gasteiger partial charge is 0.489 e. The summed E-state index contributed by atoms with van der Waals surface area (Å²) in [4.78, 5) is 7.98. The van der Waals surface area contributed by atoms with Gasteiger partial charge in [-0.25, -0.2) is 10.8 Å². The summed E-state index contributed by atoms with van der Waals surface area (Å²) in [6, 6.07) is 7.39. The molecule has 2 aromatic rings. The highest BCUT2D eigenvalue weighted by molar-refractivity contribution is 5.55. The summed E-state index contributed by atoms with van der Waals surface area (Å²) in [7, 11) is 1.48. The number of nitrogens with two attached hydrogens (primary N) is 1. The Morgan fingerprint density at radius 2 is 2.10 bits per heavy atom. The molecule has 0 aliphatic rings. The number of nitrogens with zero attached hydrogens (tertiary/aromatic N) is 2. The molecule has 0 atom stereocenters. The van der Waals surface area contributed by atoms with Gasteiger partial charge >= 0.3 is 0 Å². The van der Waals surface area contributed by atoms with E-state index in [2.05, 4.69) is 15.4 Å². The third-order valence-electron chi connectivity index (χ3n) is 2.67. The summed E-state index contributed by atoms with van der Waals surface area (Å²) in [6.07, 6.45) is 1.81. The summed E-state index contributed by atoms with van der Waals surface area (Å²) >= 11 is 0. The minimum Gasteiger partial charge on any atom is -0.489 e. The van der Waals surface area contributed by atoms with Crippen molar-refractivity contribution < 1.29 is 14.6 Å². The van der Waals surface area contributed by atoms with Crippen LogP contribution < -0.4 is 20.7 Å². The molecule has 7 nitrogen and oxygen atoms in total. The van der Waals surface area contributed by atoms with Gasteiger partial charge in [0.2, 0.25) is 5.75 Å². The van der Waals surface area contributed by atoms with E-state index in [0.717, 1.165) is 5.56 Å². The molecule has 0 aliphatic carbocycles. The molecule has 7 heteroatoms. The van der Waals surface area contributed by atoms with E-state index < -0.39 is 0 Å². The highest BCUT2D eigenvalue weighted by atomic mass is 16.5. The summed E-state index contributed by atoms with van der Waals surface area (Å²) in [5.74, 6) is 6.85. The van der Waals surface area contributed by atoms with Gasteiger partial charge in [0.25, 0.3) is 5.88 Å². The lowest BCUT2D eigenvalue weighted by atomic mass is 10.1. The lowest BCUT2D eigenvalue weighted by molar-refractivity contribution is 0.297. The summed E-state index contributed by atoms with van der Waals surface area (Å²) in [6.45, 7) is 0.0386. The lowest BCUT2D eigenvalue weighted by Crippen LogP contribution is -2.11. The molecule has 20 heavy (non-hydrogen) atoms. The van der Waals surface area contributed by atoms with Crippen molar-refractivity contribution in [1.29, 1.82) is 0 Å². The van der Waals surface area contributed by atoms with E-state index in [0.29, 0.717) is 23.7 Å². The van der Waals surface area contributed by atoms with Gasteiger partial charge in [-0.05, 0) is 18.1 Å².